The molecule has 158 valence electrons. The average molecular weight is 418 g/mol. The summed E-state index contributed by atoms with van der Waals surface area (Å²) in [6.45, 7) is 2.38. The lowest BCUT2D eigenvalue weighted by Gasteiger charge is -2.20. The maximum atomic E-state index is 13.2. The lowest BCUT2D eigenvalue weighted by molar-refractivity contribution is 0.0985. The van der Waals surface area contributed by atoms with Crippen LogP contribution in [-0.2, 0) is 0 Å². The van der Waals surface area contributed by atoms with E-state index in [2.05, 4.69) is 5.32 Å². The first-order valence-electron chi connectivity index (χ1n) is 9.82. The van der Waals surface area contributed by atoms with Crippen molar-refractivity contribution in [3.05, 3.63) is 71.8 Å². The van der Waals surface area contributed by atoms with Gasteiger partial charge in [0.2, 0.25) is 0 Å². The van der Waals surface area contributed by atoms with Gasteiger partial charge in [-0.2, -0.15) is 0 Å². The molecule has 7 nitrogen and oxygen atoms in total. The highest BCUT2D eigenvalue weighted by Gasteiger charge is 2.28. The number of methoxy groups -OCH3 is 2. The monoisotopic (exact) mass is 418 g/mol. The molecule has 0 saturated heterocycles. The molecule has 0 unspecified atom stereocenters. The smallest absolute Gasteiger partial charge is 0.263 e. The third-order valence-electron chi connectivity index (χ3n) is 5.06. The van der Waals surface area contributed by atoms with Crippen molar-refractivity contribution in [1.82, 2.24) is 0 Å². The van der Waals surface area contributed by atoms with E-state index in [4.69, 9.17) is 14.2 Å². The molecular weight excluding hydrogens is 396 g/mol. The fraction of sp³-hybridized carbons (Fsp3) is 0.167. The minimum atomic E-state index is -0.410. The van der Waals surface area contributed by atoms with Crippen molar-refractivity contribution in [1.29, 1.82) is 0 Å². The Hall–Kier alpha value is -4.00. The third-order valence-corrected chi connectivity index (χ3v) is 5.06. The summed E-state index contributed by atoms with van der Waals surface area (Å²) < 4.78 is 16.6. The van der Waals surface area contributed by atoms with Gasteiger partial charge in [-0.15, -0.1) is 0 Å². The molecule has 0 saturated carbocycles. The van der Waals surface area contributed by atoms with Gasteiger partial charge in [0.1, 0.15) is 22.8 Å². The second kappa shape index (κ2) is 8.39. The minimum Gasteiger partial charge on any atom is -0.496 e. The molecule has 31 heavy (non-hydrogen) atoms. The fourth-order valence-corrected chi connectivity index (χ4v) is 3.59. The van der Waals surface area contributed by atoms with Crippen LogP contribution in [0.3, 0.4) is 0 Å². The molecule has 0 aliphatic carbocycles. The van der Waals surface area contributed by atoms with Gasteiger partial charge in [-0.1, -0.05) is 18.2 Å². The molecule has 0 spiro atoms. The first-order chi connectivity index (χ1) is 15.1. The third kappa shape index (κ3) is 3.66. The number of ether oxygens (including phenoxy) is 3. The van der Waals surface area contributed by atoms with Crippen molar-refractivity contribution < 1.29 is 23.8 Å². The Labute approximate surface area is 180 Å². The Morgan fingerprint density at radius 3 is 2.35 bits per heavy atom. The number of nitrogens with one attached hydrogen (secondary N) is 1. The summed E-state index contributed by atoms with van der Waals surface area (Å²) in [4.78, 5) is 27.9. The maximum Gasteiger partial charge on any atom is 0.263 e. The van der Waals surface area contributed by atoms with Crippen molar-refractivity contribution in [3.8, 4) is 23.0 Å². The highest BCUT2D eigenvalue weighted by Crippen LogP contribution is 2.39. The molecule has 0 bridgehead atoms. The van der Waals surface area contributed by atoms with E-state index in [1.807, 2.05) is 31.2 Å². The normalized spacial score (nSPS) is 12.2. The molecule has 1 aliphatic heterocycles. The summed E-state index contributed by atoms with van der Waals surface area (Å²) in [6.07, 6.45) is 0. The molecule has 1 N–H and O–H groups in total. The van der Waals surface area contributed by atoms with E-state index in [0.29, 0.717) is 46.5 Å². The molecule has 2 amide bonds. The number of carbonyl (C=O) groups excluding carboxylic acids is 2. The number of para-hydroxylation sites is 2. The highest BCUT2D eigenvalue weighted by atomic mass is 16.5. The summed E-state index contributed by atoms with van der Waals surface area (Å²) in [5.74, 6) is 1.20. The van der Waals surface area contributed by atoms with Crippen LogP contribution < -0.4 is 24.4 Å². The zero-order valence-electron chi connectivity index (χ0n) is 17.5. The molecule has 1 aliphatic rings. The van der Waals surface area contributed by atoms with E-state index in [1.54, 1.807) is 41.3 Å². The summed E-state index contributed by atoms with van der Waals surface area (Å²) >= 11 is 0. The SMILES string of the molecule is CCN1C(=O)c2cc(NC(=O)c3c(OC)cccc3OC)ccc2Oc2ccccc21. The summed E-state index contributed by atoms with van der Waals surface area (Å²) in [5, 5.41) is 2.83. The van der Waals surface area contributed by atoms with E-state index in [1.165, 1.54) is 14.2 Å². The quantitative estimate of drug-likeness (QED) is 0.648. The Bertz CT molecular complexity index is 1140. The molecule has 0 fully saturated rings. The van der Waals surface area contributed by atoms with Gasteiger partial charge in [0.15, 0.2) is 5.75 Å². The molecule has 0 radical (unpaired) electrons. The van der Waals surface area contributed by atoms with Gasteiger partial charge in [0, 0.05) is 12.2 Å². The van der Waals surface area contributed by atoms with Gasteiger partial charge < -0.3 is 24.4 Å². The first-order valence-corrected chi connectivity index (χ1v) is 9.82. The number of amides is 2. The number of hydrogen-bond acceptors (Lipinski definition) is 5. The van der Waals surface area contributed by atoms with E-state index in [-0.39, 0.29) is 11.5 Å². The average Bonchev–Trinajstić information content (AvgIpc) is 2.91. The fourth-order valence-electron chi connectivity index (χ4n) is 3.59. The van der Waals surface area contributed by atoms with Gasteiger partial charge in [-0.05, 0) is 49.4 Å². The number of fused-ring (bicyclic) bond motifs is 2. The van der Waals surface area contributed by atoms with Crippen LogP contribution in [0.15, 0.2) is 60.7 Å². The second-order valence-corrected chi connectivity index (χ2v) is 6.82. The molecule has 7 heteroatoms. The number of anilines is 2. The second-order valence-electron chi connectivity index (χ2n) is 6.82. The lowest BCUT2D eigenvalue weighted by atomic mass is 10.1. The first kappa shape index (κ1) is 20.3. The van der Waals surface area contributed by atoms with Gasteiger partial charge in [0.25, 0.3) is 11.8 Å². The Kier molecular flexibility index (Phi) is 5.49. The van der Waals surface area contributed by atoms with Gasteiger partial charge in [-0.3, -0.25) is 9.59 Å². The van der Waals surface area contributed by atoms with E-state index >= 15 is 0 Å². The van der Waals surface area contributed by atoms with Gasteiger partial charge in [0.05, 0.1) is 25.5 Å². The summed E-state index contributed by atoms with van der Waals surface area (Å²) in [5.41, 5.74) is 1.79. The van der Waals surface area contributed by atoms with Crippen molar-refractivity contribution in [3.63, 3.8) is 0 Å². The predicted octanol–water partition coefficient (Wildman–Crippen LogP) is 4.73. The number of rotatable bonds is 5. The van der Waals surface area contributed by atoms with Crippen LogP contribution in [0, 0.1) is 0 Å². The van der Waals surface area contributed by atoms with Gasteiger partial charge in [-0.25, -0.2) is 0 Å². The summed E-state index contributed by atoms with van der Waals surface area (Å²) in [7, 11) is 2.97. The van der Waals surface area contributed by atoms with Gasteiger partial charge >= 0.3 is 0 Å². The summed E-state index contributed by atoms with van der Waals surface area (Å²) in [6, 6.07) is 17.5. The van der Waals surface area contributed by atoms with E-state index < -0.39 is 5.91 Å². The minimum absolute atomic E-state index is 0.201. The maximum absolute atomic E-state index is 13.2. The van der Waals surface area contributed by atoms with Crippen molar-refractivity contribution in [2.75, 3.05) is 31.0 Å². The Morgan fingerprint density at radius 2 is 1.68 bits per heavy atom. The standard InChI is InChI=1S/C24H22N2O5/c1-4-26-17-8-5-6-9-19(17)31-18-13-12-15(14-16(18)24(26)28)25-23(27)22-20(29-2)10-7-11-21(22)30-3/h5-14H,4H2,1-3H3,(H,25,27). The highest BCUT2D eigenvalue weighted by molar-refractivity contribution is 6.12. The van der Waals surface area contributed by atoms with Crippen LogP contribution >= 0.6 is 0 Å². The zero-order chi connectivity index (χ0) is 22.0. The van der Waals surface area contributed by atoms with Crippen LogP contribution in [0.25, 0.3) is 0 Å². The molecule has 0 aromatic heterocycles. The lowest BCUT2D eigenvalue weighted by Crippen LogP contribution is -2.29. The largest absolute Gasteiger partial charge is 0.496 e. The molecule has 3 aromatic carbocycles. The predicted molar refractivity (Wildman–Crippen MR) is 118 cm³/mol. The number of carbonyl (C=O) groups is 2. The van der Waals surface area contributed by atoms with E-state index in [9.17, 15) is 9.59 Å². The molecular formula is C24H22N2O5. The van der Waals surface area contributed by atoms with Crippen molar-refractivity contribution in [2.45, 2.75) is 6.92 Å². The van der Waals surface area contributed by atoms with Crippen LogP contribution in [0.4, 0.5) is 11.4 Å². The molecule has 1 heterocycles. The topological polar surface area (TPSA) is 77.1 Å². The number of benzene rings is 3. The molecule has 3 aromatic rings. The van der Waals surface area contributed by atoms with Crippen LogP contribution in [0.5, 0.6) is 23.0 Å². The Balaban J connectivity index is 1.70. The van der Waals surface area contributed by atoms with Crippen LogP contribution in [0.2, 0.25) is 0 Å². The number of nitrogens with zero attached hydrogens (tertiary/aromatic N) is 1. The van der Waals surface area contributed by atoms with Crippen molar-refractivity contribution >= 4 is 23.2 Å². The van der Waals surface area contributed by atoms with E-state index in [0.717, 1.165) is 0 Å². The molecule has 4 rings (SSSR count). The number of hydrogen-bond donors (Lipinski definition) is 1. The van der Waals surface area contributed by atoms with Crippen LogP contribution in [-0.4, -0.2) is 32.6 Å². The Morgan fingerprint density at radius 1 is 0.968 bits per heavy atom. The molecule has 0 atom stereocenters. The zero-order valence-corrected chi connectivity index (χ0v) is 17.5. The van der Waals surface area contributed by atoms with Crippen molar-refractivity contribution in [2.24, 2.45) is 0 Å². The van der Waals surface area contributed by atoms with Crippen LogP contribution in [0.1, 0.15) is 27.6 Å².